The van der Waals surface area contributed by atoms with Crippen LogP contribution in [0.1, 0.15) is 52.7 Å². The van der Waals surface area contributed by atoms with E-state index in [4.69, 9.17) is 4.74 Å². The first-order chi connectivity index (χ1) is 8.57. The molecule has 0 spiro atoms. The number of rotatable bonds is 1. The largest absolute Gasteiger partial charge is 0.493 e. The third kappa shape index (κ3) is 6.58. The van der Waals surface area contributed by atoms with Gasteiger partial charge in [0.05, 0.1) is 7.11 Å². The maximum atomic E-state index is 13.2. The predicted octanol–water partition coefficient (Wildman–Crippen LogP) is 5.67. The van der Waals surface area contributed by atoms with Crippen LogP contribution in [-0.4, -0.2) is 7.11 Å². The van der Waals surface area contributed by atoms with Crippen LogP contribution >= 0.6 is 0 Å². The van der Waals surface area contributed by atoms with Crippen LogP contribution in [0.25, 0.3) is 0 Å². The first kappa shape index (κ1) is 22.1. The van der Waals surface area contributed by atoms with Crippen LogP contribution in [0.3, 0.4) is 0 Å². The van der Waals surface area contributed by atoms with Gasteiger partial charge in [0, 0.05) is 5.56 Å². The number of benzene rings is 1. The van der Waals surface area contributed by atoms with Gasteiger partial charge in [-0.2, -0.15) is 0 Å². The van der Waals surface area contributed by atoms with E-state index in [-0.39, 0.29) is 11.3 Å². The van der Waals surface area contributed by atoms with Crippen molar-refractivity contribution in [2.75, 3.05) is 7.11 Å². The van der Waals surface area contributed by atoms with Crippen molar-refractivity contribution in [2.45, 2.75) is 55.4 Å². The summed E-state index contributed by atoms with van der Waals surface area (Å²) in [6, 6.07) is 1.26. The molecule has 0 fully saturated rings. The minimum atomic E-state index is -0.616. The molecule has 0 unspecified atom stereocenters. The molecule has 1 aromatic carbocycles. The molecule has 0 aliphatic rings. The molecule has 0 saturated carbocycles. The summed E-state index contributed by atoms with van der Waals surface area (Å²) in [7, 11) is 1.36. The van der Waals surface area contributed by atoms with Crippen molar-refractivity contribution in [2.24, 2.45) is 0 Å². The highest BCUT2D eigenvalue weighted by atomic mass is 19.1. The van der Waals surface area contributed by atoms with Crippen LogP contribution in [0.15, 0.2) is 6.07 Å². The Morgan fingerprint density at radius 3 is 1.61 bits per heavy atom. The van der Waals surface area contributed by atoms with E-state index in [1.54, 1.807) is 6.92 Å². The molecule has 0 atom stereocenters. The quantitative estimate of drug-likeness (QED) is 0.633. The van der Waals surface area contributed by atoms with Crippen molar-refractivity contribution in [3.63, 3.8) is 0 Å². The van der Waals surface area contributed by atoms with E-state index in [0.717, 1.165) is 0 Å². The summed E-state index contributed by atoms with van der Waals surface area (Å²) in [6.45, 7) is 15.0. The number of aryl methyl sites for hydroxylation is 1. The molecular formula is C15H28F2O. The lowest BCUT2D eigenvalue weighted by atomic mass is 10.1. The molecule has 0 aliphatic heterocycles. The predicted molar refractivity (Wildman–Crippen MR) is 76.4 cm³/mol. The summed E-state index contributed by atoms with van der Waals surface area (Å²) in [5, 5.41) is 0. The third-order valence-corrected chi connectivity index (χ3v) is 1.79. The standard InChI is InChI=1S/C9H10F2O.3C2H6/c1-5-4-7(10)6(2)8(11)9(5)12-3;3*1-2/h4H,1-3H3;3*1-2H3. The Morgan fingerprint density at radius 2 is 1.28 bits per heavy atom. The highest BCUT2D eigenvalue weighted by Gasteiger charge is 2.13. The summed E-state index contributed by atoms with van der Waals surface area (Å²) in [6.07, 6.45) is 0. The van der Waals surface area contributed by atoms with Gasteiger partial charge in [0.15, 0.2) is 11.6 Å². The summed E-state index contributed by atoms with van der Waals surface area (Å²) in [4.78, 5) is 0. The molecule has 0 aliphatic carbocycles. The van der Waals surface area contributed by atoms with Gasteiger partial charge in [0.1, 0.15) is 5.82 Å². The molecule has 0 N–H and O–H groups in total. The van der Waals surface area contributed by atoms with Crippen LogP contribution in [0.2, 0.25) is 0 Å². The van der Waals surface area contributed by atoms with Crippen LogP contribution in [0, 0.1) is 25.5 Å². The number of halogens is 2. The molecule has 3 heteroatoms. The van der Waals surface area contributed by atoms with Crippen LogP contribution < -0.4 is 4.74 Å². The van der Waals surface area contributed by atoms with Gasteiger partial charge in [-0.3, -0.25) is 0 Å². The fourth-order valence-corrected chi connectivity index (χ4v) is 1.06. The Hall–Kier alpha value is -1.12. The molecule has 108 valence electrons. The average molecular weight is 262 g/mol. The van der Waals surface area contributed by atoms with Crippen LogP contribution in [-0.2, 0) is 0 Å². The van der Waals surface area contributed by atoms with Gasteiger partial charge < -0.3 is 4.74 Å². The molecule has 0 amide bonds. The van der Waals surface area contributed by atoms with Gasteiger partial charge in [-0.15, -0.1) is 0 Å². The zero-order valence-corrected chi connectivity index (χ0v) is 13.2. The summed E-state index contributed by atoms with van der Waals surface area (Å²) in [5.74, 6) is -1.03. The molecule has 18 heavy (non-hydrogen) atoms. The van der Waals surface area contributed by atoms with Crippen molar-refractivity contribution >= 4 is 0 Å². The monoisotopic (exact) mass is 262 g/mol. The normalized spacial score (nSPS) is 7.72. The summed E-state index contributed by atoms with van der Waals surface area (Å²) >= 11 is 0. The molecule has 1 aromatic rings. The number of hydrogen-bond donors (Lipinski definition) is 0. The van der Waals surface area contributed by atoms with Gasteiger partial charge in [-0.05, 0) is 25.5 Å². The maximum absolute atomic E-state index is 13.2. The van der Waals surface area contributed by atoms with E-state index in [1.165, 1.54) is 20.1 Å². The molecular weight excluding hydrogens is 234 g/mol. The van der Waals surface area contributed by atoms with Gasteiger partial charge in [0.2, 0.25) is 0 Å². The molecule has 0 heterocycles. The molecule has 0 radical (unpaired) electrons. The Kier molecular flexibility index (Phi) is 17.1. The van der Waals surface area contributed by atoms with E-state index in [1.807, 2.05) is 41.5 Å². The second kappa shape index (κ2) is 13.9. The molecule has 1 nitrogen and oxygen atoms in total. The molecule has 0 bridgehead atoms. The van der Waals surface area contributed by atoms with E-state index in [2.05, 4.69) is 0 Å². The average Bonchev–Trinajstić information content (AvgIpc) is 2.43. The molecule has 0 saturated heterocycles. The first-order valence-electron chi connectivity index (χ1n) is 6.57. The summed E-state index contributed by atoms with van der Waals surface area (Å²) < 4.78 is 30.8. The van der Waals surface area contributed by atoms with Crippen LogP contribution in [0.5, 0.6) is 5.75 Å². The smallest absolute Gasteiger partial charge is 0.171 e. The highest BCUT2D eigenvalue weighted by Crippen LogP contribution is 2.26. The van der Waals surface area contributed by atoms with E-state index >= 15 is 0 Å². The van der Waals surface area contributed by atoms with Crippen molar-refractivity contribution < 1.29 is 13.5 Å². The van der Waals surface area contributed by atoms with Gasteiger partial charge in [0.25, 0.3) is 0 Å². The Labute approximate surface area is 111 Å². The van der Waals surface area contributed by atoms with Crippen molar-refractivity contribution in [3.05, 3.63) is 28.8 Å². The summed E-state index contributed by atoms with van der Waals surface area (Å²) in [5.41, 5.74) is 0.468. The minimum Gasteiger partial charge on any atom is -0.493 e. The number of ether oxygens (including phenoxy) is 1. The Balaban J connectivity index is -0.000000328. The zero-order chi connectivity index (χ0) is 15.3. The van der Waals surface area contributed by atoms with Gasteiger partial charge in [-0.1, -0.05) is 41.5 Å². The Morgan fingerprint density at radius 1 is 0.889 bits per heavy atom. The lowest BCUT2D eigenvalue weighted by Gasteiger charge is -2.08. The van der Waals surface area contributed by atoms with Gasteiger partial charge >= 0.3 is 0 Å². The first-order valence-corrected chi connectivity index (χ1v) is 6.57. The van der Waals surface area contributed by atoms with Gasteiger partial charge in [-0.25, -0.2) is 8.78 Å². The van der Waals surface area contributed by atoms with Crippen molar-refractivity contribution in [1.29, 1.82) is 0 Å². The number of methoxy groups -OCH3 is 1. The fourth-order valence-electron chi connectivity index (χ4n) is 1.06. The minimum absolute atomic E-state index is 0.00236. The van der Waals surface area contributed by atoms with E-state index < -0.39 is 11.6 Å². The Bertz CT molecular complexity index is 310. The van der Waals surface area contributed by atoms with Crippen molar-refractivity contribution in [3.8, 4) is 5.75 Å². The lowest BCUT2D eigenvalue weighted by Crippen LogP contribution is -1.97. The van der Waals surface area contributed by atoms with Crippen molar-refractivity contribution in [1.82, 2.24) is 0 Å². The molecule has 1 rings (SSSR count). The molecule has 0 aromatic heterocycles. The maximum Gasteiger partial charge on any atom is 0.171 e. The zero-order valence-electron chi connectivity index (χ0n) is 13.2. The second-order valence-electron chi connectivity index (χ2n) is 2.65. The van der Waals surface area contributed by atoms with E-state index in [0.29, 0.717) is 5.56 Å². The number of hydrogen-bond acceptors (Lipinski definition) is 1. The second-order valence-corrected chi connectivity index (χ2v) is 2.65. The fraction of sp³-hybridized carbons (Fsp3) is 0.600. The van der Waals surface area contributed by atoms with Crippen LogP contribution in [0.4, 0.5) is 8.78 Å². The topological polar surface area (TPSA) is 9.23 Å². The lowest BCUT2D eigenvalue weighted by molar-refractivity contribution is 0.378. The van der Waals surface area contributed by atoms with E-state index in [9.17, 15) is 8.78 Å². The third-order valence-electron chi connectivity index (χ3n) is 1.79. The highest BCUT2D eigenvalue weighted by molar-refractivity contribution is 5.38. The SMILES string of the molecule is CC.CC.CC.COc1c(C)cc(F)c(C)c1F.